The van der Waals surface area contributed by atoms with Crippen LogP contribution in [0.4, 0.5) is 4.39 Å². The standard InChI is InChI=1S/C25H31FN2O3/c1-18-7-6-10-23(15-18)31-17-24(29)28(16-20-11-13-21(26)14-12-20)19(2)25(30)27-22-8-4-3-5-9-22/h6-7,10-15,19,22H,3-5,8-9,16-17H2,1-2H3,(H,27,30)/t19-/m0/s1. The summed E-state index contributed by atoms with van der Waals surface area (Å²) in [5, 5.41) is 3.10. The number of nitrogens with one attached hydrogen (secondary N) is 1. The molecule has 0 spiro atoms. The Bertz CT molecular complexity index is 879. The van der Waals surface area contributed by atoms with Crippen molar-refractivity contribution in [2.75, 3.05) is 6.61 Å². The molecular weight excluding hydrogens is 395 g/mol. The van der Waals surface area contributed by atoms with Gasteiger partial charge in [-0.2, -0.15) is 0 Å². The molecule has 3 rings (SSSR count). The van der Waals surface area contributed by atoms with Crippen molar-refractivity contribution in [3.05, 3.63) is 65.5 Å². The van der Waals surface area contributed by atoms with Crippen LogP contribution in [0.1, 0.15) is 50.2 Å². The summed E-state index contributed by atoms with van der Waals surface area (Å²) in [4.78, 5) is 27.5. The summed E-state index contributed by atoms with van der Waals surface area (Å²) in [6.45, 7) is 3.71. The van der Waals surface area contributed by atoms with Crippen LogP contribution in [0, 0.1) is 12.7 Å². The topological polar surface area (TPSA) is 58.6 Å². The minimum atomic E-state index is -0.666. The van der Waals surface area contributed by atoms with Crippen LogP contribution in [-0.2, 0) is 16.1 Å². The van der Waals surface area contributed by atoms with Gasteiger partial charge in [0.1, 0.15) is 17.6 Å². The van der Waals surface area contributed by atoms with Gasteiger partial charge >= 0.3 is 0 Å². The van der Waals surface area contributed by atoms with Gasteiger partial charge in [0.05, 0.1) is 0 Å². The van der Waals surface area contributed by atoms with Crippen LogP contribution < -0.4 is 10.1 Å². The molecule has 0 unspecified atom stereocenters. The van der Waals surface area contributed by atoms with Gasteiger partial charge < -0.3 is 15.0 Å². The first-order valence-electron chi connectivity index (χ1n) is 11.0. The molecule has 0 aliphatic heterocycles. The number of amides is 2. The Morgan fingerprint density at radius 2 is 1.84 bits per heavy atom. The lowest BCUT2D eigenvalue weighted by atomic mass is 9.95. The van der Waals surface area contributed by atoms with Gasteiger partial charge in [0.25, 0.3) is 5.91 Å². The van der Waals surface area contributed by atoms with Gasteiger partial charge in [-0.05, 0) is 62.1 Å². The van der Waals surface area contributed by atoms with Crippen molar-refractivity contribution >= 4 is 11.8 Å². The monoisotopic (exact) mass is 426 g/mol. The molecule has 0 bridgehead atoms. The number of hydrogen-bond donors (Lipinski definition) is 1. The largest absolute Gasteiger partial charge is 0.484 e. The number of carbonyl (C=O) groups excluding carboxylic acids is 2. The first-order valence-corrected chi connectivity index (χ1v) is 11.0. The van der Waals surface area contributed by atoms with Gasteiger partial charge in [-0.25, -0.2) is 4.39 Å². The normalized spacial score (nSPS) is 15.2. The van der Waals surface area contributed by atoms with Crippen molar-refractivity contribution < 1.29 is 18.7 Å². The quantitative estimate of drug-likeness (QED) is 0.682. The van der Waals surface area contributed by atoms with E-state index in [1.54, 1.807) is 25.1 Å². The van der Waals surface area contributed by atoms with E-state index in [0.717, 1.165) is 36.8 Å². The molecule has 2 amide bonds. The van der Waals surface area contributed by atoms with E-state index in [2.05, 4.69) is 5.32 Å². The molecule has 166 valence electrons. The Hall–Kier alpha value is -2.89. The molecule has 0 radical (unpaired) electrons. The first kappa shape index (κ1) is 22.8. The van der Waals surface area contributed by atoms with Gasteiger partial charge in [-0.3, -0.25) is 9.59 Å². The highest BCUT2D eigenvalue weighted by Crippen LogP contribution is 2.19. The molecule has 0 aromatic heterocycles. The van der Waals surface area contributed by atoms with Gasteiger partial charge in [0, 0.05) is 12.6 Å². The average Bonchev–Trinajstić information content (AvgIpc) is 2.77. The van der Waals surface area contributed by atoms with Crippen molar-refractivity contribution in [1.29, 1.82) is 0 Å². The maximum atomic E-state index is 13.3. The van der Waals surface area contributed by atoms with E-state index < -0.39 is 6.04 Å². The number of hydrogen-bond acceptors (Lipinski definition) is 3. The Morgan fingerprint density at radius 3 is 2.52 bits per heavy atom. The molecule has 1 aliphatic rings. The highest BCUT2D eigenvalue weighted by Gasteiger charge is 2.28. The van der Waals surface area contributed by atoms with Crippen molar-refractivity contribution in [3.63, 3.8) is 0 Å². The molecule has 2 aromatic rings. The van der Waals surface area contributed by atoms with E-state index in [1.165, 1.54) is 23.5 Å². The van der Waals surface area contributed by atoms with Crippen LogP contribution in [0.3, 0.4) is 0 Å². The maximum absolute atomic E-state index is 13.3. The zero-order valence-corrected chi connectivity index (χ0v) is 18.3. The lowest BCUT2D eigenvalue weighted by Crippen LogP contribution is -2.51. The summed E-state index contributed by atoms with van der Waals surface area (Å²) in [5.41, 5.74) is 1.79. The Labute approximate surface area is 183 Å². The fraction of sp³-hybridized carbons (Fsp3) is 0.440. The van der Waals surface area contributed by atoms with Gasteiger partial charge in [0.2, 0.25) is 5.91 Å². The third kappa shape index (κ3) is 6.81. The molecule has 1 fully saturated rings. The van der Waals surface area contributed by atoms with Gasteiger partial charge in [-0.15, -0.1) is 0 Å². The number of benzene rings is 2. The van der Waals surface area contributed by atoms with Gasteiger partial charge in [0.15, 0.2) is 6.61 Å². The molecule has 2 aromatic carbocycles. The first-order chi connectivity index (χ1) is 14.9. The van der Waals surface area contributed by atoms with Crippen molar-refractivity contribution in [3.8, 4) is 5.75 Å². The molecule has 1 atom stereocenters. The van der Waals surface area contributed by atoms with E-state index in [4.69, 9.17) is 4.74 Å². The molecule has 1 aliphatic carbocycles. The fourth-order valence-electron chi connectivity index (χ4n) is 3.87. The third-order valence-corrected chi connectivity index (χ3v) is 5.74. The average molecular weight is 427 g/mol. The number of nitrogens with zero attached hydrogens (tertiary/aromatic N) is 1. The summed E-state index contributed by atoms with van der Waals surface area (Å²) in [7, 11) is 0. The number of aryl methyl sites for hydroxylation is 1. The number of carbonyl (C=O) groups is 2. The second-order valence-corrected chi connectivity index (χ2v) is 8.27. The number of ether oxygens (including phenoxy) is 1. The van der Waals surface area contributed by atoms with Crippen molar-refractivity contribution in [1.82, 2.24) is 10.2 Å². The second kappa shape index (κ2) is 10.9. The molecule has 0 saturated heterocycles. The predicted molar refractivity (Wildman–Crippen MR) is 118 cm³/mol. The summed E-state index contributed by atoms with van der Waals surface area (Å²) in [6.07, 6.45) is 5.37. The third-order valence-electron chi connectivity index (χ3n) is 5.74. The lowest BCUT2D eigenvalue weighted by Gasteiger charge is -2.31. The lowest BCUT2D eigenvalue weighted by molar-refractivity contribution is -0.142. The zero-order chi connectivity index (χ0) is 22.2. The zero-order valence-electron chi connectivity index (χ0n) is 18.3. The minimum absolute atomic E-state index is 0.162. The van der Waals surface area contributed by atoms with Crippen LogP contribution >= 0.6 is 0 Å². The molecule has 1 N–H and O–H groups in total. The Morgan fingerprint density at radius 1 is 1.13 bits per heavy atom. The fourth-order valence-corrected chi connectivity index (χ4v) is 3.87. The summed E-state index contributed by atoms with van der Waals surface area (Å²) in [5.74, 6) is -0.197. The number of halogens is 1. The van der Waals surface area contributed by atoms with E-state index in [9.17, 15) is 14.0 Å². The van der Waals surface area contributed by atoms with E-state index >= 15 is 0 Å². The van der Waals surface area contributed by atoms with E-state index in [-0.39, 0.29) is 36.8 Å². The van der Waals surface area contributed by atoms with Crippen LogP contribution in [-0.4, -0.2) is 35.4 Å². The highest BCUT2D eigenvalue weighted by molar-refractivity contribution is 5.88. The van der Waals surface area contributed by atoms with Crippen LogP contribution in [0.15, 0.2) is 48.5 Å². The molecule has 6 heteroatoms. The minimum Gasteiger partial charge on any atom is -0.484 e. The molecule has 31 heavy (non-hydrogen) atoms. The molecule has 1 saturated carbocycles. The smallest absolute Gasteiger partial charge is 0.261 e. The van der Waals surface area contributed by atoms with Crippen LogP contribution in [0.25, 0.3) is 0 Å². The van der Waals surface area contributed by atoms with Gasteiger partial charge in [-0.1, -0.05) is 43.5 Å². The molecule has 5 nitrogen and oxygen atoms in total. The Kier molecular flexibility index (Phi) is 8.04. The number of rotatable bonds is 8. The van der Waals surface area contributed by atoms with E-state index in [0.29, 0.717) is 5.75 Å². The summed E-state index contributed by atoms with van der Waals surface area (Å²) in [6, 6.07) is 12.9. The highest BCUT2D eigenvalue weighted by atomic mass is 19.1. The predicted octanol–water partition coefficient (Wildman–Crippen LogP) is 4.38. The molecule has 0 heterocycles. The second-order valence-electron chi connectivity index (χ2n) is 8.27. The summed E-state index contributed by atoms with van der Waals surface area (Å²) >= 11 is 0. The molecular formula is C25H31FN2O3. The van der Waals surface area contributed by atoms with Crippen LogP contribution in [0.2, 0.25) is 0 Å². The Balaban J connectivity index is 1.70. The SMILES string of the molecule is Cc1cccc(OCC(=O)N(Cc2ccc(F)cc2)[C@@H](C)C(=O)NC2CCCCC2)c1. The van der Waals surface area contributed by atoms with Crippen molar-refractivity contribution in [2.24, 2.45) is 0 Å². The van der Waals surface area contributed by atoms with Crippen molar-refractivity contribution in [2.45, 2.75) is 64.6 Å². The van der Waals surface area contributed by atoms with Crippen LogP contribution in [0.5, 0.6) is 5.75 Å². The maximum Gasteiger partial charge on any atom is 0.261 e. The van der Waals surface area contributed by atoms with E-state index in [1.807, 2.05) is 25.1 Å². The summed E-state index contributed by atoms with van der Waals surface area (Å²) < 4.78 is 19.0.